The molecule has 1 aliphatic rings. The number of allylic oxidation sites excluding steroid dienone is 8. The second-order valence-corrected chi connectivity index (χ2v) is 20.8. The highest BCUT2D eigenvalue weighted by atomic mass is 16.5. The zero-order valence-electron chi connectivity index (χ0n) is 44.2. The highest BCUT2D eigenvalue weighted by Gasteiger charge is 2.32. The van der Waals surface area contributed by atoms with Crippen LogP contribution in [0.4, 0.5) is 0 Å². The molecule has 0 aromatic heterocycles. The van der Waals surface area contributed by atoms with Gasteiger partial charge >= 0.3 is 0 Å². The topological polar surface area (TPSA) is 77.4 Å². The Morgan fingerprint density at radius 1 is 0.701 bits per heavy atom. The number of benzene rings is 4. The van der Waals surface area contributed by atoms with Gasteiger partial charge in [-0.15, -0.1) is 13.2 Å². The number of para-hydroxylation sites is 2. The number of rotatable bonds is 15. The van der Waals surface area contributed by atoms with E-state index in [9.17, 15) is 10.2 Å². The van der Waals surface area contributed by atoms with Crippen LogP contribution in [0.3, 0.4) is 0 Å². The number of phenolic OH excluding ortho intramolecular Hbond substituents is 2. The molecule has 2 N–H and O–H groups in total. The van der Waals surface area contributed by atoms with Crippen LogP contribution in [-0.4, -0.2) is 37.6 Å². The summed E-state index contributed by atoms with van der Waals surface area (Å²) in [5, 5.41) is 24.0. The predicted octanol–water partition coefficient (Wildman–Crippen LogP) is 17.2. The molecule has 6 nitrogen and oxygen atoms in total. The quantitative estimate of drug-likeness (QED) is 0.0703. The highest BCUT2D eigenvalue weighted by Crippen LogP contribution is 2.50. The van der Waals surface area contributed by atoms with E-state index < -0.39 is 0 Å². The van der Waals surface area contributed by atoms with Gasteiger partial charge in [-0.2, -0.15) is 0 Å². The van der Waals surface area contributed by atoms with Gasteiger partial charge in [0.05, 0.1) is 27.4 Å². The van der Waals surface area contributed by atoms with Crippen LogP contribution in [0, 0.1) is 34.0 Å². The molecule has 4 aromatic carbocycles. The molecule has 67 heavy (non-hydrogen) atoms. The van der Waals surface area contributed by atoms with Gasteiger partial charge in [0, 0.05) is 39.8 Å². The fourth-order valence-corrected chi connectivity index (χ4v) is 8.21. The molecule has 0 spiro atoms. The van der Waals surface area contributed by atoms with Gasteiger partial charge in [0.15, 0.2) is 0 Å². The first-order valence-electron chi connectivity index (χ1n) is 24.1. The average Bonchev–Trinajstić information content (AvgIpc) is 3.28. The normalized spacial score (nSPS) is 15.6. The zero-order chi connectivity index (χ0) is 50.4. The van der Waals surface area contributed by atoms with Crippen molar-refractivity contribution in [3.05, 3.63) is 133 Å². The Labute approximate surface area is 406 Å². The van der Waals surface area contributed by atoms with E-state index >= 15 is 0 Å². The Balaban J connectivity index is 0.00000289. The van der Waals surface area contributed by atoms with Crippen molar-refractivity contribution in [3.63, 3.8) is 0 Å². The van der Waals surface area contributed by atoms with E-state index in [1.54, 1.807) is 14.2 Å². The Morgan fingerprint density at radius 2 is 1.18 bits per heavy atom. The van der Waals surface area contributed by atoms with E-state index in [4.69, 9.17) is 18.9 Å². The molecule has 0 saturated carbocycles. The molecule has 0 fully saturated rings. The van der Waals surface area contributed by atoms with Crippen LogP contribution in [0.15, 0.2) is 121 Å². The molecule has 1 aliphatic carbocycles. The molecule has 0 radical (unpaired) electrons. The molecule has 5 rings (SSSR count). The standard InChI is InChI=1S/C57H74O6.C2H6.C2H4/c1-36(2)45-30-40(57(11,12)13)31-47(38(45)4)50-35-42(61-15)34-49(54(50)59)44-22-17-19-24-52(44)63-28-20-27-62-51-23-18-16-21-43(51)48-33-41(60-14)32-46(53(48)58)37(3)29-39(56(8,9)10)25-26-55(5,6)7;2*1-2/h16-19,21-25,29-36,38,45,58-59H,20,26-28H2,1-15H3;1-2H3;1-2H2/b37-29+,39-25+;;. The van der Waals surface area contributed by atoms with Gasteiger partial charge in [0.1, 0.15) is 34.5 Å². The van der Waals surface area contributed by atoms with E-state index in [-0.39, 0.29) is 33.7 Å². The molecule has 4 aromatic rings. The number of phenols is 2. The molecule has 2 unspecified atom stereocenters. The third kappa shape index (κ3) is 14.7. The molecule has 0 bridgehead atoms. The van der Waals surface area contributed by atoms with Crippen molar-refractivity contribution < 1.29 is 29.2 Å². The maximum atomic E-state index is 12.1. The number of hydrogen-bond donors (Lipinski definition) is 2. The third-order valence-corrected chi connectivity index (χ3v) is 12.1. The molecule has 0 heterocycles. The molecule has 0 saturated heterocycles. The Hall–Kier alpha value is -5.62. The van der Waals surface area contributed by atoms with Crippen molar-refractivity contribution in [2.24, 2.45) is 34.0 Å². The van der Waals surface area contributed by atoms with E-state index in [1.807, 2.05) is 93.6 Å². The second-order valence-electron chi connectivity index (χ2n) is 20.8. The first-order valence-corrected chi connectivity index (χ1v) is 24.1. The highest BCUT2D eigenvalue weighted by molar-refractivity contribution is 5.87. The van der Waals surface area contributed by atoms with Crippen LogP contribution in [0.5, 0.6) is 34.5 Å². The maximum absolute atomic E-state index is 12.1. The van der Waals surface area contributed by atoms with Gasteiger partial charge in [-0.3, -0.25) is 0 Å². The second kappa shape index (κ2) is 24.4. The van der Waals surface area contributed by atoms with Crippen molar-refractivity contribution in [2.75, 3.05) is 27.4 Å². The SMILES string of the molecule is C=C.CC.COc1cc(C2=CC(C(C)(C)C)=CC(C(C)C)C2C)c(O)c(-c2ccccc2OCCCOc2ccccc2-c2cc(OC)cc(/C(C)=C/C(=C\CC(C)(C)C)C(C)(C)C)c2O)c1. The van der Waals surface area contributed by atoms with Crippen molar-refractivity contribution in [1.29, 1.82) is 0 Å². The molecule has 364 valence electrons. The summed E-state index contributed by atoms with van der Waals surface area (Å²) in [5.41, 5.74) is 8.92. The first kappa shape index (κ1) is 55.7. The zero-order valence-corrected chi connectivity index (χ0v) is 44.2. The summed E-state index contributed by atoms with van der Waals surface area (Å²) in [6, 6.07) is 23.2. The monoisotopic (exact) mass is 913 g/mol. The molecular weight excluding hydrogens is 829 g/mol. The fourth-order valence-electron chi connectivity index (χ4n) is 8.21. The van der Waals surface area contributed by atoms with Gasteiger partial charge in [-0.1, -0.05) is 158 Å². The minimum atomic E-state index is -0.0753. The van der Waals surface area contributed by atoms with Crippen LogP contribution < -0.4 is 18.9 Å². The Kier molecular flexibility index (Phi) is 20.3. The number of ether oxygens (including phenoxy) is 4. The number of aromatic hydroxyl groups is 2. The van der Waals surface area contributed by atoms with Crippen LogP contribution in [-0.2, 0) is 0 Å². The van der Waals surface area contributed by atoms with Gasteiger partial charge in [0.25, 0.3) is 0 Å². The summed E-state index contributed by atoms with van der Waals surface area (Å²) < 4.78 is 24.5. The summed E-state index contributed by atoms with van der Waals surface area (Å²) in [6.45, 7) is 39.7. The smallest absolute Gasteiger partial charge is 0.131 e. The van der Waals surface area contributed by atoms with E-state index in [2.05, 4.69) is 121 Å². The summed E-state index contributed by atoms with van der Waals surface area (Å²) in [7, 11) is 3.31. The van der Waals surface area contributed by atoms with Gasteiger partial charge < -0.3 is 29.2 Å². The van der Waals surface area contributed by atoms with Crippen LogP contribution in [0.1, 0.15) is 128 Å². The molecule has 0 aliphatic heterocycles. The first-order chi connectivity index (χ1) is 31.5. The molecule has 2 atom stereocenters. The van der Waals surface area contributed by atoms with Gasteiger partial charge in [0.2, 0.25) is 0 Å². The third-order valence-electron chi connectivity index (χ3n) is 12.1. The molecule has 0 amide bonds. The van der Waals surface area contributed by atoms with Crippen molar-refractivity contribution in [1.82, 2.24) is 0 Å². The van der Waals surface area contributed by atoms with Crippen molar-refractivity contribution >= 4 is 11.1 Å². The minimum absolute atomic E-state index is 0.0423. The molecule has 6 heteroatoms. The van der Waals surface area contributed by atoms with Crippen molar-refractivity contribution in [2.45, 2.75) is 117 Å². The number of methoxy groups -OCH3 is 2. The van der Waals surface area contributed by atoms with Crippen LogP contribution >= 0.6 is 0 Å². The van der Waals surface area contributed by atoms with Gasteiger partial charge in [-0.05, 0) is 106 Å². The summed E-state index contributed by atoms with van der Waals surface area (Å²) >= 11 is 0. The summed E-state index contributed by atoms with van der Waals surface area (Å²) in [6.07, 6.45) is 10.7. The molecular formula is C61H84O6. The average molecular weight is 913 g/mol. The van der Waals surface area contributed by atoms with Crippen LogP contribution in [0.2, 0.25) is 0 Å². The largest absolute Gasteiger partial charge is 0.507 e. The Bertz CT molecular complexity index is 2370. The lowest BCUT2D eigenvalue weighted by atomic mass is 9.69. The van der Waals surface area contributed by atoms with E-state index in [1.165, 1.54) is 11.1 Å². The minimum Gasteiger partial charge on any atom is -0.507 e. The summed E-state index contributed by atoms with van der Waals surface area (Å²) in [5.74, 6) is 3.98. The summed E-state index contributed by atoms with van der Waals surface area (Å²) in [4.78, 5) is 0. The predicted molar refractivity (Wildman–Crippen MR) is 287 cm³/mol. The Morgan fingerprint density at radius 3 is 1.64 bits per heavy atom. The van der Waals surface area contributed by atoms with E-state index in [0.717, 1.165) is 34.3 Å². The maximum Gasteiger partial charge on any atom is 0.131 e. The van der Waals surface area contributed by atoms with E-state index in [0.29, 0.717) is 71.2 Å². The van der Waals surface area contributed by atoms with Gasteiger partial charge in [-0.25, -0.2) is 0 Å². The van der Waals surface area contributed by atoms with Crippen molar-refractivity contribution in [3.8, 4) is 56.8 Å². The lowest BCUT2D eigenvalue weighted by Gasteiger charge is -2.36. The lowest BCUT2D eigenvalue weighted by Crippen LogP contribution is -2.24. The fraction of sp³-hybridized carbons (Fsp3) is 0.443. The number of hydrogen-bond acceptors (Lipinski definition) is 6. The van der Waals surface area contributed by atoms with Crippen LogP contribution in [0.25, 0.3) is 33.4 Å². The lowest BCUT2D eigenvalue weighted by molar-refractivity contribution is 0.248.